The average Bonchev–Trinajstić information content (AvgIpc) is 2.54. The van der Waals surface area contributed by atoms with E-state index in [0.717, 1.165) is 11.4 Å². The number of hydrogen-bond donors (Lipinski definition) is 2. The number of anilines is 1. The van der Waals surface area contributed by atoms with Gasteiger partial charge in [0, 0.05) is 11.1 Å². The average molecular weight is 315 g/mol. The lowest BCUT2D eigenvalue weighted by atomic mass is 9.84. The number of aliphatic imine (C=N–C) groups is 1. The first kappa shape index (κ1) is 16.8. The molecule has 0 spiro atoms. The standard InChI is InChI=1S/C18H22FN3O/c1-18(2,15-6-4-5-7-16(15)19)12-21-17(20)22-13-8-10-14(23-3)11-9-13/h4-11H,12H2,1-3H3,(H3,20,21,22). The fourth-order valence-electron chi connectivity index (χ4n) is 2.24. The van der Waals surface area contributed by atoms with Crippen LogP contribution in [0.2, 0.25) is 0 Å². The quantitative estimate of drug-likeness (QED) is 0.655. The van der Waals surface area contributed by atoms with Crippen LogP contribution >= 0.6 is 0 Å². The number of benzene rings is 2. The molecule has 0 atom stereocenters. The largest absolute Gasteiger partial charge is 0.497 e. The van der Waals surface area contributed by atoms with E-state index < -0.39 is 5.41 Å². The fourth-order valence-corrected chi connectivity index (χ4v) is 2.24. The van der Waals surface area contributed by atoms with E-state index >= 15 is 0 Å². The number of nitrogens with zero attached hydrogens (tertiary/aromatic N) is 1. The molecule has 0 unspecified atom stereocenters. The highest BCUT2D eigenvalue weighted by atomic mass is 19.1. The number of methoxy groups -OCH3 is 1. The molecule has 23 heavy (non-hydrogen) atoms. The van der Waals surface area contributed by atoms with E-state index in [9.17, 15) is 4.39 Å². The van der Waals surface area contributed by atoms with Crippen molar-refractivity contribution < 1.29 is 9.13 Å². The van der Waals surface area contributed by atoms with Gasteiger partial charge in [0.25, 0.3) is 0 Å². The molecule has 0 radical (unpaired) electrons. The molecule has 5 heteroatoms. The molecule has 0 fully saturated rings. The molecule has 0 aliphatic carbocycles. The number of nitrogens with two attached hydrogens (primary N) is 1. The van der Waals surface area contributed by atoms with Gasteiger partial charge in [-0.15, -0.1) is 0 Å². The first-order valence-electron chi connectivity index (χ1n) is 7.38. The molecule has 4 nitrogen and oxygen atoms in total. The lowest BCUT2D eigenvalue weighted by Gasteiger charge is -2.23. The molecule has 2 rings (SSSR count). The Morgan fingerprint density at radius 2 is 1.83 bits per heavy atom. The maximum atomic E-state index is 13.9. The Hall–Kier alpha value is -2.56. The van der Waals surface area contributed by atoms with Crippen molar-refractivity contribution in [3.05, 3.63) is 59.9 Å². The third-order valence-electron chi connectivity index (χ3n) is 3.61. The second kappa shape index (κ2) is 7.13. The smallest absolute Gasteiger partial charge is 0.193 e. The number of rotatable bonds is 5. The van der Waals surface area contributed by atoms with Gasteiger partial charge >= 0.3 is 0 Å². The number of guanidine groups is 1. The van der Waals surface area contributed by atoms with E-state index in [0.29, 0.717) is 18.1 Å². The maximum Gasteiger partial charge on any atom is 0.193 e. The zero-order valence-electron chi connectivity index (χ0n) is 13.6. The Morgan fingerprint density at radius 1 is 1.17 bits per heavy atom. The molecule has 2 aromatic rings. The van der Waals surface area contributed by atoms with Gasteiger partial charge in [0.15, 0.2) is 5.96 Å². The summed E-state index contributed by atoms with van der Waals surface area (Å²) >= 11 is 0. The van der Waals surface area contributed by atoms with Crippen molar-refractivity contribution in [1.29, 1.82) is 0 Å². The van der Waals surface area contributed by atoms with E-state index in [1.165, 1.54) is 6.07 Å². The Bertz CT molecular complexity index is 681. The third kappa shape index (κ3) is 4.45. The SMILES string of the molecule is COc1ccc(NC(N)=NCC(C)(C)c2ccccc2F)cc1. The summed E-state index contributed by atoms with van der Waals surface area (Å²) in [5.74, 6) is 0.834. The Kier molecular flexibility index (Phi) is 5.21. The van der Waals surface area contributed by atoms with Gasteiger partial charge in [0.05, 0.1) is 13.7 Å². The highest BCUT2D eigenvalue weighted by Gasteiger charge is 2.23. The molecule has 0 heterocycles. The van der Waals surface area contributed by atoms with Crippen LogP contribution in [0.5, 0.6) is 5.75 Å². The molecule has 122 valence electrons. The van der Waals surface area contributed by atoms with Crippen molar-refractivity contribution in [2.75, 3.05) is 19.0 Å². The van der Waals surface area contributed by atoms with Gasteiger partial charge in [-0.2, -0.15) is 0 Å². The van der Waals surface area contributed by atoms with Crippen LogP contribution in [0.3, 0.4) is 0 Å². The van der Waals surface area contributed by atoms with Crippen LogP contribution in [0.15, 0.2) is 53.5 Å². The van der Waals surface area contributed by atoms with Gasteiger partial charge in [-0.25, -0.2) is 4.39 Å². The molecule has 3 N–H and O–H groups in total. The van der Waals surface area contributed by atoms with Crippen molar-refractivity contribution >= 4 is 11.6 Å². The Morgan fingerprint density at radius 3 is 2.43 bits per heavy atom. The highest BCUT2D eigenvalue weighted by Crippen LogP contribution is 2.26. The Labute approximate surface area is 136 Å². The van der Waals surface area contributed by atoms with Crippen LogP contribution < -0.4 is 15.8 Å². The lowest BCUT2D eigenvalue weighted by molar-refractivity contribution is 0.415. The second-order valence-corrected chi connectivity index (χ2v) is 5.92. The van der Waals surface area contributed by atoms with Crippen LogP contribution in [0.4, 0.5) is 10.1 Å². The minimum Gasteiger partial charge on any atom is -0.497 e. The first-order valence-corrected chi connectivity index (χ1v) is 7.38. The molecule has 0 aliphatic heterocycles. The monoisotopic (exact) mass is 315 g/mol. The van der Waals surface area contributed by atoms with Gasteiger partial charge in [-0.3, -0.25) is 4.99 Å². The maximum absolute atomic E-state index is 13.9. The highest BCUT2D eigenvalue weighted by molar-refractivity contribution is 5.92. The van der Waals surface area contributed by atoms with E-state index in [4.69, 9.17) is 10.5 Å². The van der Waals surface area contributed by atoms with E-state index in [1.54, 1.807) is 19.2 Å². The minimum atomic E-state index is -0.447. The molecule has 0 bridgehead atoms. The van der Waals surface area contributed by atoms with Crippen molar-refractivity contribution in [1.82, 2.24) is 0 Å². The topological polar surface area (TPSA) is 59.6 Å². The van der Waals surface area contributed by atoms with Crippen LogP contribution in [0.25, 0.3) is 0 Å². The third-order valence-corrected chi connectivity index (χ3v) is 3.61. The predicted molar refractivity (Wildman–Crippen MR) is 92.5 cm³/mol. The molecule has 0 aliphatic rings. The van der Waals surface area contributed by atoms with E-state index in [1.807, 2.05) is 44.2 Å². The summed E-state index contributed by atoms with van der Waals surface area (Å²) in [6, 6.07) is 14.1. The number of halogens is 1. The number of nitrogens with one attached hydrogen (secondary N) is 1. The normalized spacial score (nSPS) is 12.1. The predicted octanol–water partition coefficient (Wildman–Crippen LogP) is 3.54. The summed E-state index contributed by atoms with van der Waals surface area (Å²) in [5, 5.41) is 3.01. The molecule has 0 amide bonds. The Balaban J connectivity index is 2.04. The molecule has 0 saturated heterocycles. The summed E-state index contributed by atoms with van der Waals surface area (Å²) < 4.78 is 19.0. The van der Waals surface area contributed by atoms with Crippen LogP contribution in [0.1, 0.15) is 19.4 Å². The molecular weight excluding hydrogens is 293 g/mol. The van der Waals surface area contributed by atoms with Crippen LogP contribution in [-0.4, -0.2) is 19.6 Å². The number of ether oxygens (including phenoxy) is 1. The summed E-state index contributed by atoms with van der Waals surface area (Å²) in [6.07, 6.45) is 0. The summed E-state index contributed by atoms with van der Waals surface area (Å²) in [4.78, 5) is 4.34. The second-order valence-electron chi connectivity index (χ2n) is 5.92. The summed E-state index contributed by atoms with van der Waals surface area (Å²) in [7, 11) is 1.61. The zero-order valence-corrected chi connectivity index (χ0v) is 13.6. The lowest BCUT2D eigenvalue weighted by Crippen LogP contribution is -2.28. The van der Waals surface area contributed by atoms with Gasteiger partial charge in [-0.1, -0.05) is 32.0 Å². The van der Waals surface area contributed by atoms with Gasteiger partial charge in [0.1, 0.15) is 11.6 Å². The zero-order chi connectivity index (χ0) is 16.9. The van der Waals surface area contributed by atoms with Crippen molar-refractivity contribution in [3.63, 3.8) is 0 Å². The van der Waals surface area contributed by atoms with Gasteiger partial charge in [-0.05, 0) is 35.9 Å². The fraction of sp³-hybridized carbons (Fsp3) is 0.278. The van der Waals surface area contributed by atoms with Gasteiger partial charge < -0.3 is 15.8 Å². The van der Waals surface area contributed by atoms with Crippen molar-refractivity contribution in [2.45, 2.75) is 19.3 Å². The van der Waals surface area contributed by atoms with Crippen molar-refractivity contribution in [3.8, 4) is 5.75 Å². The molecule has 0 saturated carbocycles. The minimum absolute atomic E-state index is 0.227. The summed E-state index contributed by atoms with van der Waals surface area (Å²) in [5.41, 5.74) is 6.91. The van der Waals surface area contributed by atoms with Crippen LogP contribution in [0, 0.1) is 5.82 Å². The molecular formula is C18H22FN3O. The molecule has 2 aromatic carbocycles. The van der Waals surface area contributed by atoms with Crippen LogP contribution in [-0.2, 0) is 5.41 Å². The molecule has 0 aromatic heterocycles. The first-order chi connectivity index (χ1) is 10.9. The number of hydrogen-bond acceptors (Lipinski definition) is 2. The van der Waals surface area contributed by atoms with E-state index in [2.05, 4.69) is 10.3 Å². The summed E-state index contributed by atoms with van der Waals surface area (Å²) in [6.45, 7) is 4.26. The van der Waals surface area contributed by atoms with E-state index in [-0.39, 0.29) is 5.82 Å². The van der Waals surface area contributed by atoms with Gasteiger partial charge in [0.2, 0.25) is 0 Å². The van der Waals surface area contributed by atoms with Crippen molar-refractivity contribution in [2.24, 2.45) is 10.7 Å².